The van der Waals surface area contributed by atoms with Crippen LogP contribution in [0, 0.1) is 5.92 Å². The van der Waals surface area contributed by atoms with Gasteiger partial charge < -0.3 is 10.6 Å². The molecule has 1 amide bonds. The van der Waals surface area contributed by atoms with Crippen LogP contribution < -0.4 is 10.6 Å². The lowest BCUT2D eigenvalue weighted by Crippen LogP contribution is -2.32. The molecule has 0 spiro atoms. The van der Waals surface area contributed by atoms with E-state index in [2.05, 4.69) is 22.7 Å². The maximum absolute atomic E-state index is 11.4. The lowest BCUT2D eigenvalue weighted by molar-refractivity contribution is -0.122. The summed E-state index contributed by atoms with van der Waals surface area (Å²) < 4.78 is 2.02. The fraction of sp³-hybridized carbons (Fsp3) is 0.692. The van der Waals surface area contributed by atoms with Gasteiger partial charge in [0, 0.05) is 38.3 Å². The highest BCUT2D eigenvalue weighted by Gasteiger charge is 2.28. The third kappa shape index (κ3) is 3.84. The zero-order valence-electron chi connectivity index (χ0n) is 11.0. The van der Waals surface area contributed by atoms with E-state index in [9.17, 15) is 4.79 Å². The number of aromatic nitrogens is 2. The van der Waals surface area contributed by atoms with Crippen LogP contribution in [0.4, 0.5) is 0 Å². The molecular formula is C13H22N4O. The summed E-state index contributed by atoms with van der Waals surface area (Å²) >= 11 is 0. The monoisotopic (exact) mass is 250 g/mol. The summed E-state index contributed by atoms with van der Waals surface area (Å²) in [5, 5.41) is 10.5. The third-order valence-electron chi connectivity index (χ3n) is 3.10. The highest BCUT2D eigenvalue weighted by Crippen LogP contribution is 2.28. The van der Waals surface area contributed by atoms with Gasteiger partial charge >= 0.3 is 0 Å². The number of aryl methyl sites for hydroxylation is 1. The molecule has 0 saturated heterocycles. The number of amides is 1. The maximum Gasteiger partial charge on any atom is 0.223 e. The molecule has 1 aliphatic carbocycles. The average molecular weight is 250 g/mol. The molecule has 0 bridgehead atoms. The Labute approximate surface area is 108 Å². The molecule has 5 heteroatoms. The van der Waals surface area contributed by atoms with Gasteiger partial charge in [0.2, 0.25) is 5.91 Å². The number of nitrogens with zero attached hydrogens (tertiary/aromatic N) is 2. The third-order valence-corrected chi connectivity index (χ3v) is 3.10. The zero-order chi connectivity index (χ0) is 12.8. The smallest absolute Gasteiger partial charge is 0.223 e. The summed E-state index contributed by atoms with van der Waals surface area (Å²) in [4.78, 5) is 11.4. The molecule has 1 saturated carbocycles. The molecule has 0 radical (unpaired) electrons. The van der Waals surface area contributed by atoms with Crippen molar-refractivity contribution in [1.29, 1.82) is 0 Å². The lowest BCUT2D eigenvalue weighted by Gasteiger charge is -2.08. The van der Waals surface area contributed by atoms with E-state index in [0.717, 1.165) is 38.9 Å². The molecule has 1 aliphatic rings. The van der Waals surface area contributed by atoms with E-state index in [0.29, 0.717) is 12.5 Å². The van der Waals surface area contributed by atoms with Crippen LogP contribution >= 0.6 is 0 Å². The molecule has 0 atom stereocenters. The van der Waals surface area contributed by atoms with E-state index >= 15 is 0 Å². The molecule has 18 heavy (non-hydrogen) atoms. The van der Waals surface area contributed by atoms with Crippen LogP contribution in [0.2, 0.25) is 0 Å². The normalized spacial score (nSPS) is 14.7. The van der Waals surface area contributed by atoms with Gasteiger partial charge in [-0.1, -0.05) is 6.92 Å². The molecule has 1 heterocycles. The Morgan fingerprint density at radius 1 is 1.50 bits per heavy atom. The largest absolute Gasteiger partial charge is 0.355 e. The Bertz CT molecular complexity index is 384. The van der Waals surface area contributed by atoms with Gasteiger partial charge in [0.05, 0.1) is 5.69 Å². The van der Waals surface area contributed by atoms with Crippen LogP contribution in [-0.2, 0) is 17.9 Å². The van der Waals surface area contributed by atoms with E-state index in [1.807, 2.05) is 16.9 Å². The van der Waals surface area contributed by atoms with E-state index in [4.69, 9.17) is 0 Å². The molecule has 0 aromatic carbocycles. The van der Waals surface area contributed by atoms with Crippen LogP contribution in [0.15, 0.2) is 12.3 Å². The van der Waals surface area contributed by atoms with Crippen molar-refractivity contribution in [2.24, 2.45) is 5.92 Å². The Morgan fingerprint density at radius 3 is 3.06 bits per heavy atom. The topological polar surface area (TPSA) is 59.0 Å². The van der Waals surface area contributed by atoms with Crippen LogP contribution in [0.3, 0.4) is 0 Å². The summed E-state index contributed by atoms with van der Waals surface area (Å²) in [6.07, 6.45) is 5.05. The van der Waals surface area contributed by atoms with Crippen molar-refractivity contribution in [1.82, 2.24) is 20.4 Å². The van der Waals surface area contributed by atoms with Crippen molar-refractivity contribution in [2.45, 2.75) is 39.3 Å². The van der Waals surface area contributed by atoms with Gasteiger partial charge in [0.1, 0.15) is 0 Å². The van der Waals surface area contributed by atoms with Gasteiger partial charge in [-0.05, 0) is 25.3 Å². The second-order valence-electron chi connectivity index (χ2n) is 4.79. The zero-order valence-corrected chi connectivity index (χ0v) is 11.0. The molecule has 5 nitrogen and oxygen atoms in total. The second-order valence-corrected chi connectivity index (χ2v) is 4.79. The number of carbonyl (C=O) groups excluding carboxylic acids is 1. The Balaban J connectivity index is 1.59. The standard InChI is InChI=1S/C13H22N4O/c1-2-9-17-12(5-6-16-17)10-14-7-8-15-13(18)11-3-4-11/h5-6,11,14H,2-4,7-10H2,1H3,(H,15,18). The van der Waals surface area contributed by atoms with Crippen molar-refractivity contribution in [3.8, 4) is 0 Å². The highest BCUT2D eigenvalue weighted by atomic mass is 16.2. The van der Waals surface area contributed by atoms with Crippen molar-refractivity contribution in [3.63, 3.8) is 0 Å². The molecule has 2 rings (SSSR count). The molecule has 1 aromatic heterocycles. The minimum atomic E-state index is 0.216. The number of rotatable bonds is 8. The van der Waals surface area contributed by atoms with Crippen LogP contribution in [0.25, 0.3) is 0 Å². The summed E-state index contributed by atoms with van der Waals surface area (Å²) in [5.74, 6) is 0.517. The first-order valence-corrected chi connectivity index (χ1v) is 6.80. The van der Waals surface area contributed by atoms with Gasteiger partial charge in [-0.3, -0.25) is 9.48 Å². The fourth-order valence-electron chi connectivity index (χ4n) is 1.90. The first-order chi connectivity index (χ1) is 8.81. The SMILES string of the molecule is CCCn1nccc1CNCCNC(=O)C1CC1. The highest BCUT2D eigenvalue weighted by molar-refractivity contribution is 5.80. The van der Waals surface area contributed by atoms with Crippen molar-refractivity contribution in [3.05, 3.63) is 18.0 Å². The van der Waals surface area contributed by atoms with E-state index in [-0.39, 0.29) is 5.91 Å². The Kier molecular flexibility index (Phi) is 4.75. The summed E-state index contributed by atoms with van der Waals surface area (Å²) in [6, 6.07) is 2.03. The quantitative estimate of drug-likeness (QED) is 0.674. The maximum atomic E-state index is 11.4. The number of carbonyl (C=O) groups is 1. The van der Waals surface area contributed by atoms with Crippen molar-refractivity contribution in [2.75, 3.05) is 13.1 Å². The van der Waals surface area contributed by atoms with E-state index in [1.54, 1.807) is 0 Å². The Hall–Kier alpha value is -1.36. The van der Waals surface area contributed by atoms with Crippen LogP contribution in [0.5, 0.6) is 0 Å². The van der Waals surface area contributed by atoms with Crippen molar-refractivity contribution >= 4 is 5.91 Å². The lowest BCUT2D eigenvalue weighted by atomic mass is 10.4. The Morgan fingerprint density at radius 2 is 2.33 bits per heavy atom. The average Bonchev–Trinajstić information content (AvgIpc) is 3.13. The van der Waals surface area contributed by atoms with Gasteiger partial charge in [-0.2, -0.15) is 5.10 Å². The van der Waals surface area contributed by atoms with Gasteiger partial charge in [-0.25, -0.2) is 0 Å². The minimum absolute atomic E-state index is 0.216. The first-order valence-electron chi connectivity index (χ1n) is 6.80. The number of hydrogen-bond donors (Lipinski definition) is 2. The van der Waals surface area contributed by atoms with Gasteiger partial charge in [0.15, 0.2) is 0 Å². The molecule has 2 N–H and O–H groups in total. The van der Waals surface area contributed by atoms with E-state index < -0.39 is 0 Å². The first kappa shape index (κ1) is 13.1. The molecule has 0 unspecified atom stereocenters. The summed E-state index contributed by atoms with van der Waals surface area (Å²) in [5.41, 5.74) is 1.20. The molecular weight excluding hydrogens is 228 g/mol. The molecule has 100 valence electrons. The summed E-state index contributed by atoms with van der Waals surface area (Å²) in [6.45, 7) is 5.42. The number of nitrogens with one attached hydrogen (secondary N) is 2. The fourth-order valence-corrected chi connectivity index (χ4v) is 1.90. The molecule has 1 aromatic rings. The molecule has 1 fully saturated rings. The van der Waals surface area contributed by atoms with Gasteiger partial charge in [-0.15, -0.1) is 0 Å². The number of hydrogen-bond acceptors (Lipinski definition) is 3. The van der Waals surface area contributed by atoms with Crippen LogP contribution in [0.1, 0.15) is 31.9 Å². The predicted octanol–water partition coefficient (Wildman–Crippen LogP) is 0.909. The summed E-state index contributed by atoms with van der Waals surface area (Å²) in [7, 11) is 0. The molecule has 0 aliphatic heterocycles. The van der Waals surface area contributed by atoms with Crippen LogP contribution in [-0.4, -0.2) is 28.8 Å². The van der Waals surface area contributed by atoms with Crippen molar-refractivity contribution < 1.29 is 4.79 Å². The van der Waals surface area contributed by atoms with Gasteiger partial charge in [0.25, 0.3) is 0 Å². The predicted molar refractivity (Wildman–Crippen MR) is 70.0 cm³/mol. The van der Waals surface area contributed by atoms with E-state index in [1.165, 1.54) is 5.69 Å². The minimum Gasteiger partial charge on any atom is -0.355 e. The second kappa shape index (κ2) is 6.54.